The maximum Gasteiger partial charge on any atom is 0.264 e. The van der Waals surface area contributed by atoms with Crippen LogP contribution in [0.3, 0.4) is 0 Å². The standard InChI is InChI=1S/C27H28BrN3O6S/c1-5-14-37-25-12-8-20(15-26(25)36-4)17-29-30-27(32)18-31(21-9-6-19(2)7-10-21)38(33,34)22-11-13-24(35-3)23(28)16-22/h5-13,15-17H,1,14,18H2,2-4H3,(H,30,32)/b29-17-. The van der Waals surface area contributed by atoms with Crippen LogP contribution in [0.25, 0.3) is 0 Å². The lowest BCUT2D eigenvalue weighted by molar-refractivity contribution is -0.119. The molecule has 0 fully saturated rings. The van der Waals surface area contributed by atoms with Crippen molar-refractivity contribution in [3.63, 3.8) is 0 Å². The Kier molecular flexibility index (Phi) is 9.91. The molecule has 0 bridgehead atoms. The average Bonchev–Trinajstić information content (AvgIpc) is 2.91. The normalized spacial score (nSPS) is 11.2. The molecule has 0 saturated carbocycles. The van der Waals surface area contributed by atoms with E-state index in [0.29, 0.717) is 39.6 Å². The summed E-state index contributed by atoms with van der Waals surface area (Å²) in [5, 5.41) is 3.98. The molecule has 38 heavy (non-hydrogen) atoms. The number of hydrazone groups is 1. The van der Waals surface area contributed by atoms with Crippen molar-refractivity contribution < 1.29 is 27.4 Å². The van der Waals surface area contributed by atoms with Gasteiger partial charge in [-0.3, -0.25) is 9.10 Å². The monoisotopic (exact) mass is 601 g/mol. The van der Waals surface area contributed by atoms with Crippen LogP contribution in [0, 0.1) is 6.92 Å². The molecule has 9 nitrogen and oxygen atoms in total. The number of halogens is 1. The zero-order chi connectivity index (χ0) is 27.7. The number of sulfonamides is 1. The molecule has 0 saturated heterocycles. The van der Waals surface area contributed by atoms with E-state index in [0.717, 1.165) is 9.87 Å². The highest BCUT2D eigenvalue weighted by atomic mass is 79.9. The van der Waals surface area contributed by atoms with E-state index in [-0.39, 0.29) is 4.90 Å². The fraction of sp³-hybridized carbons (Fsp3) is 0.185. The number of rotatable bonds is 12. The van der Waals surface area contributed by atoms with Crippen molar-refractivity contribution >= 4 is 43.8 Å². The fourth-order valence-corrected chi connectivity index (χ4v) is 5.48. The number of nitrogens with one attached hydrogen (secondary N) is 1. The van der Waals surface area contributed by atoms with Gasteiger partial charge in [-0.1, -0.05) is 30.4 Å². The van der Waals surface area contributed by atoms with E-state index in [4.69, 9.17) is 14.2 Å². The Morgan fingerprint density at radius 3 is 2.34 bits per heavy atom. The number of hydrogen-bond acceptors (Lipinski definition) is 7. The molecule has 0 aliphatic rings. The lowest BCUT2D eigenvalue weighted by Gasteiger charge is -2.24. The van der Waals surface area contributed by atoms with Crippen molar-refractivity contribution in [2.24, 2.45) is 5.10 Å². The van der Waals surface area contributed by atoms with E-state index in [1.807, 2.05) is 6.92 Å². The van der Waals surface area contributed by atoms with Crippen LogP contribution < -0.4 is 23.9 Å². The average molecular weight is 603 g/mol. The smallest absolute Gasteiger partial charge is 0.264 e. The van der Waals surface area contributed by atoms with Crippen LogP contribution in [-0.2, 0) is 14.8 Å². The van der Waals surface area contributed by atoms with Gasteiger partial charge in [0.2, 0.25) is 0 Å². The van der Waals surface area contributed by atoms with Gasteiger partial charge in [0, 0.05) is 0 Å². The minimum Gasteiger partial charge on any atom is -0.496 e. The first-order valence-corrected chi connectivity index (χ1v) is 13.6. The molecule has 200 valence electrons. The highest BCUT2D eigenvalue weighted by molar-refractivity contribution is 9.10. The summed E-state index contributed by atoms with van der Waals surface area (Å²) < 4.78 is 44.7. The number of nitrogens with zero attached hydrogens (tertiary/aromatic N) is 2. The number of amides is 1. The van der Waals surface area contributed by atoms with Crippen LogP contribution in [0.1, 0.15) is 11.1 Å². The topological polar surface area (TPSA) is 107 Å². The van der Waals surface area contributed by atoms with E-state index in [1.165, 1.54) is 38.6 Å². The van der Waals surface area contributed by atoms with Gasteiger partial charge < -0.3 is 14.2 Å². The van der Waals surface area contributed by atoms with Gasteiger partial charge in [-0.05, 0) is 76.9 Å². The molecule has 3 aromatic rings. The maximum atomic E-state index is 13.6. The van der Waals surface area contributed by atoms with Crippen LogP contribution in [0.15, 0.2) is 87.8 Å². The molecule has 0 atom stereocenters. The Morgan fingerprint density at radius 1 is 1.03 bits per heavy atom. The summed E-state index contributed by atoms with van der Waals surface area (Å²) in [5.74, 6) is 0.882. The largest absolute Gasteiger partial charge is 0.496 e. The van der Waals surface area contributed by atoms with Crippen molar-refractivity contribution in [1.82, 2.24) is 5.43 Å². The van der Waals surface area contributed by atoms with Gasteiger partial charge in [-0.15, -0.1) is 0 Å². The van der Waals surface area contributed by atoms with Gasteiger partial charge in [0.05, 0.1) is 35.5 Å². The van der Waals surface area contributed by atoms with Crippen molar-refractivity contribution in [3.05, 3.63) is 88.9 Å². The number of carbonyl (C=O) groups excluding carboxylic acids is 1. The lowest BCUT2D eigenvalue weighted by Crippen LogP contribution is -2.39. The SMILES string of the molecule is C=CCOc1ccc(/C=N\NC(=O)CN(c2ccc(C)cc2)S(=O)(=O)c2ccc(OC)c(Br)c2)cc1OC. The highest BCUT2D eigenvalue weighted by Crippen LogP contribution is 2.31. The zero-order valence-corrected chi connectivity index (χ0v) is 23.6. The molecule has 3 rings (SSSR count). The molecule has 0 unspecified atom stereocenters. The van der Waals surface area contributed by atoms with Gasteiger partial charge in [0.1, 0.15) is 18.9 Å². The van der Waals surface area contributed by atoms with E-state index in [2.05, 4.69) is 33.0 Å². The first-order chi connectivity index (χ1) is 18.2. The van der Waals surface area contributed by atoms with Gasteiger partial charge in [0.15, 0.2) is 11.5 Å². The fourth-order valence-electron chi connectivity index (χ4n) is 3.34. The number of ether oxygens (including phenoxy) is 3. The third-order valence-corrected chi connectivity index (χ3v) is 7.66. The van der Waals surface area contributed by atoms with Crippen molar-refractivity contribution in [1.29, 1.82) is 0 Å². The quantitative estimate of drug-likeness (QED) is 0.183. The van der Waals surface area contributed by atoms with E-state index >= 15 is 0 Å². The van der Waals surface area contributed by atoms with Crippen LogP contribution in [0.2, 0.25) is 0 Å². The second-order valence-corrected chi connectivity index (χ2v) is 10.7. The Morgan fingerprint density at radius 2 is 1.71 bits per heavy atom. The summed E-state index contributed by atoms with van der Waals surface area (Å²) in [6.07, 6.45) is 3.04. The summed E-state index contributed by atoms with van der Waals surface area (Å²) in [7, 11) is -1.11. The van der Waals surface area contributed by atoms with Crippen LogP contribution in [-0.4, -0.2) is 47.9 Å². The molecule has 3 aromatic carbocycles. The Bertz CT molecular complexity index is 1430. The Balaban J connectivity index is 1.81. The minimum atomic E-state index is -4.11. The summed E-state index contributed by atoms with van der Waals surface area (Å²) >= 11 is 3.32. The molecule has 0 aliphatic heterocycles. The van der Waals surface area contributed by atoms with Gasteiger partial charge >= 0.3 is 0 Å². The maximum absolute atomic E-state index is 13.6. The predicted octanol–water partition coefficient (Wildman–Crippen LogP) is 4.69. The number of anilines is 1. The molecular weight excluding hydrogens is 574 g/mol. The summed E-state index contributed by atoms with van der Waals surface area (Å²) in [4.78, 5) is 12.8. The Hall–Kier alpha value is -3.83. The molecule has 1 N–H and O–H groups in total. The molecular formula is C27H28BrN3O6S. The summed E-state index contributed by atoms with van der Waals surface area (Å²) in [5.41, 5.74) is 4.31. The summed E-state index contributed by atoms with van der Waals surface area (Å²) in [6, 6.07) is 16.4. The molecule has 0 heterocycles. The zero-order valence-electron chi connectivity index (χ0n) is 21.2. The van der Waals surface area contributed by atoms with E-state index in [1.54, 1.807) is 48.5 Å². The third-order valence-electron chi connectivity index (χ3n) is 5.27. The second kappa shape index (κ2) is 13.1. The molecule has 1 amide bonds. The van der Waals surface area contributed by atoms with Crippen LogP contribution in [0.4, 0.5) is 5.69 Å². The molecule has 0 radical (unpaired) electrons. The van der Waals surface area contributed by atoms with Crippen LogP contribution >= 0.6 is 15.9 Å². The highest BCUT2D eigenvalue weighted by Gasteiger charge is 2.28. The first kappa shape index (κ1) is 28.7. The van der Waals surface area contributed by atoms with Crippen molar-refractivity contribution in [2.75, 3.05) is 31.7 Å². The lowest BCUT2D eigenvalue weighted by atomic mass is 10.2. The first-order valence-electron chi connectivity index (χ1n) is 11.4. The summed E-state index contributed by atoms with van der Waals surface area (Å²) in [6.45, 7) is 5.33. The van der Waals surface area contributed by atoms with E-state index < -0.39 is 22.5 Å². The molecule has 0 aliphatic carbocycles. The second-order valence-electron chi connectivity index (χ2n) is 7.95. The molecule has 11 heteroatoms. The number of methoxy groups -OCH3 is 2. The predicted molar refractivity (Wildman–Crippen MR) is 151 cm³/mol. The van der Waals surface area contributed by atoms with Gasteiger partial charge in [0.25, 0.3) is 15.9 Å². The number of carbonyl (C=O) groups is 1. The number of hydrogen-bond donors (Lipinski definition) is 1. The van der Waals surface area contributed by atoms with Crippen molar-refractivity contribution in [3.8, 4) is 17.2 Å². The molecule has 0 spiro atoms. The van der Waals surface area contributed by atoms with Crippen molar-refractivity contribution in [2.45, 2.75) is 11.8 Å². The van der Waals surface area contributed by atoms with Gasteiger partial charge in [-0.25, -0.2) is 13.8 Å². The number of aryl methyl sites for hydroxylation is 1. The third kappa shape index (κ3) is 7.14. The van der Waals surface area contributed by atoms with E-state index in [9.17, 15) is 13.2 Å². The molecule has 0 aromatic heterocycles. The minimum absolute atomic E-state index is 0.00657. The Labute approximate surface area is 230 Å². The van der Waals surface area contributed by atoms with Gasteiger partial charge in [-0.2, -0.15) is 5.10 Å². The van der Waals surface area contributed by atoms with Crippen LogP contribution in [0.5, 0.6) is 17.2 Å². The number of benzene rings is 3.